The van der Waals surface area contributed by atoms with E-state index in [0.29, 0.717) is 5.88 Å². The van der Waals surface area contributed by atoms with E-state index in [1.165, 1.54) is 12.8 Å². The van der Waals surface area contributed by atoms with Crippen LogP contribution in [-0.4, -0.2) is 45.2 Å². The van der Waals surface area contributed by atoms with Crippen LogP contribution < -0.4 is 5.32 Å². The fraction of sp³-hybridized carbons (Fsp3) is 0.875. The lowest BCUT2D eigenvalue weighted by Crippen LogP contribution is -2.55. The van der Waals surface area contributed by atoms with Gasteiger partial charge in [-0.25, -0.2) is 4.79 Å². The fourth-order valence-corrected chi connectivity index (χ4v) is 4.17. The van der Waals surface area contributed by atoms with Crippen molar-refractivity contribution < 1.29 is 14.3 Å². The van der Waals surface area contributed by atoms with Crippen molar-refractivity contribution in [3.8, 4) is 0 Å². The summed E-state index contributed by atoms with van der Waals surface area (Å²) < 4.78 is 5.15. The van der Waals surface area contributed by atoms with Gasteiger partial charge < -0.3 is 10.1 Å². The summed E-state index contributed by atoms with van der Waals surface area (Å²) in [6, 6.07) is -0.220. The van der Waals surface area contributed by atoms with Crippen LogP contribution in [0.5, 0.6) is 0 Å². The molecular formula is C16H28N2O3S. The van der Waals surface area contributed by atoms with Gasteiger partial charge in [0.2, 0.25) is 5.91 Å². The Bertz CT molecular complexity index is 439. The van der Waals surface area contributed by atoms with Crippen LogP contribution in [0.25, 0.3) is 0 Å². The number of thioether (sulfide) groups is 1. The molecule has 0 unspecified atom stereocenters. The molecule has 0 spiro atoms. The van der Waals surface area contributed by atoms with E-state index >= 15 is 0 Å². The van der Waals surface area contributed by atoms with Gasteiger partial charge in [0.25, 0.3) is 0 Å². The van der Waals surface area contributed by atoms with Gasteiger partial charge in [-0.15, -0.1) is 11.8 Å². The highest BCUT2D eigenvalue weighted by atomic mass is 32.2. The molecule has 1 N–H and O–H groups in total. The summed E-state index contributed by atoms with van der Waals surface area (Å²) in [6.07, 6.45) is 4.02. The average Bonchev–Trinajstić information content (AvgIpc) is 2.93. The first kappa shape index (κ1) is 17.4. The Balaban J connectivity index is 2.08. The number of hydrogen-bond donors (Lipinski definition) is 1. The predicted octanol–water partition coefficient (Wildman–Crippen LogP) is 3.13. The minimum atomic E-state index is -0.555. The minimum Gasteiger partial charge on any atom is -0.444 e. The van der Waals surface area contributed by atoms with E-state index in [-0.39, 0.29) is 16.7 Å². The van der Waals surface area contributed by atoms with Crippen molar-refractivity contribution in [2.45, 2.75) is 82.7 Å². The Morgan fingerprint density at radius 3 is 2.36 bits per heavy atom. The van der Waals surface area contributed by atoms with E-state index in [9.17, 15) is 9.59 Å². The highest BCUT2D eigenvalue weighted by Gasteiger charge is 2.49. The highest BCUT2D eigenvalue weighted by Crippen LogP contribution is 2.40. The van der Waals surface area contributed by atoms with Crippen LogP contribution in [0.3, 0.4) is 0 Å². The molecule has 1 aliphatic carbocycles. The lowest BCUT2D eigenvalue weighted by Gasteiger charge is -2.32. The van der Waals surface area contributed by atoms with Gasteiger partial charge in [0.05, 0.1) is 5.88 Å². The van der Waals surface area contributed by atoms with Crippen LogP contribution >= 0.6 is 11.8 Å². The van der Waals surface area contributed by atoms with Gasteiger partial charge in [0.15, 0.2) is 0 Å². The van der Waals surface area contributed by atoms with Crippen molar-refractivity contribution in [1.82, 2.24) is 10.2 Å². The van der Waals surface area contributed by atoms with Crippen molar-refractivity contribution in [2.24, 2.45) is 0 Å². The second kappa shape index (κ2) is 6.30. The number of nitrogens with one attached hydrogen (secondary N) is 1. The summed E-state index contributed by atoms with van der Waals surface area (Å²) in [7, 11) is 0. The molecule has 2 fully saturated rings. The second-order valence-electron chi connectivity index (χ2n) is 7.72. The molecule has 0 aromatic heterocycles. The zero-order valence-corrected chi connectivity index (χ0v) is 15.1. The van der Waals surface area contributed by atoms with E-state index in [2.05, 4.69) is 5.32 Å². The third-order valence-electron chi connectivity index (χ3n) is 4.12. The Morgan fingerprint density at radius 2 is 1.82 bits per heavy atom. The topological polar surface area (TPSA) is 58.6 Å². The van der Waals surface area contributed by atoms with Crippen LogP contribution in [0, 0.1) is 0 Å². The van der Waals surface area contributed by atoms with Gasteiger partial charge in [-0.1, -0.05) is 12.8 Å². The Hall–Kier alpha value is -0.910. The van der Waals surface area contributed by atoms with Crippen molar-refractivity contribution in [2.75, 3.05) is 5.88 Å². The standard InChI is InChI=1S/C16H28N2O3S/c1-15(2,3)21-14(20)18-10-22-16(4,5)12(18)13(19)17-11-8-6-7-9-11/h11-12H,6-10H2,1-5H3,(H,17,19)/t12-/m1/s1. The van der Waals surface area contributed by atoms with Crippen LogP contribution in [0.4, 0.5) is 4.79 Å². The van der Waals surface area contributed by atoms with Gasteiger partial charge in [-0.3, -0.25) is 9.69 Å². The van der Waals surface area contributed by atoms with Gasteiger partial charge in [-0.2, -0.15) is 0 Å². The lowest BCUT2D eigenvalue weighted by molar-refractivity contribution is -0.127. The smallest absolute Gasteiger partial charge is 0.411 e. The van der Waals surface area contributed by atoms with Gasteiger partial charge in [-0.05, 0) is 47.5 Å². The average molecular weight is 328 g/mol. The summed E-state index contributed by atoms with van der Waals surface area (Å²) in [6.45, 7) is 9.55. The van der Waals surface area contributed by atoms with E-state index in [4.69, 9.17) is 4.74 Å². The molecule has 2 aliphatic rings. The fourth-order valence-electron chi connectivity index (χ4n) is 3.05. The monoisotopic (exact) mass is 328 g/mol. The number of rotatable bonds is 2. The molecule has 0 radical (unpaired) electrons. The quantitative estimate of drug-likeness (QED) is 0.846. The molecule has 2 amide bonds. The van der Waals surface area contributed by atoms with Crippen LogP contribution in [-0.2, 0) is 9.53 Å². The molecule has 1 saturated heterocycles. The lowest BCUT2D eigenvalue weighted by atomic mass is 10.0. The molecule has 1 atom stereocenters. The number of ether oxygens (including phenoxy) is 1. The zero-order chi connectivity index (χ0) is 16.5. The summed E-state index contributed by atoms with van der Waals surface area (Å²) in [5.41, 5.74) is -0.555. The summed E-state index contributed by atoms with van der Waals surface area (Å²) in [4.78, 5) is 26.7. The molecule has 0 aromatic carbocycles. The molecule has 126 valence electrons. The molecule has 1 aliphatic heterocycles. The van der Waals surface area contributed by atoms with Crippen molar-refractivity contribution in [3.63, 3.8) is 0 Å². The largest absolute Gasteiger partial charge is 0.444 e. The molecule has 0 aromatic rings. The molecule has 6 heteroatoms. The molecule has 1 heterocycles. The van der Waals surface area contributed by atoms with E-state index in [1.54, 1.807) is 16.7 Å². The number of nitrogens with zero attached hydrogens (tertiary/aromatic N) is 1. The van der Waals surface area contributed by atoms with E-state index in [1.807, 2.05) is 34.6 Å². The second-order valence-corrected chi connectivity index (χ2v) is 9.32. The molecular weight excluding hydrogens is 300 g/mol. The van der Waals surface area contributed by atoms with Crippen LogP contribution in [0.15, 0.2) is 0 Å². The molecule has 22 heavy (non-hydrogen) atoms. The number of hydrogen-bond acceptors (Lipinski definition) is 4. The summed E-state index contributed by atoms with van der Waals surface area (Å²) in [5, 5.41) is 3.12. The predicted molar refractivity (Wildman–Crippen MR) is 88.8 cm³/mol. The van der Waals surface area contributed by atoms with Crippen LogP contribution in [0.2, 0.25) is 0 Å². The zero-order valence-electron chi connectivity index (χ0n) is 14.3. The normalized spacial score (nSPS) is 25.3. The highest BCUT2D eigenvalue weighted by molar-refractivity contribution is 8.00. The Labute approximate surface area is 137 Å². The van der Waals surface area contributed by atoms with Crippen LogP contribution in [0.1, 0.15) is 60.3 Å². The molecule has 1 saturated carbocycles. The van der Waals surface area contributed by atoms with Crippen molar-refractivity contribution in [1.29, 1.82) is 0 Å². The van der Waals surface area contributed by atoms with Crippen molar-refractivity contribution >= 4 is 23.8 Å². The van der Waals surface area contributed by atoms with Gasteiger partial charge >= 0.3 is 6.09 Å². The van der Waals surface area contributed by atoms with E-state index < -0.39 is 17.7 Å². The SMILES string of the molecule is CC(C)(C)OC(=O)N1CSC(C)(C)[C@H]1C(=O)NC1CCCC1. The summed E-state index contributed by atoms with van der Waals surface area (Å²) >= 11 is 1.62. The Kier molecular flexibility index (Phi) is 5.00. The first-order chi connectivity index (χ1) is 10.1. The summed E-state index contributed by atoms with van der Waals surface area (Å²) in [5.74, 6) is 0.442. The molecule has 5 nitrogen and oxygen atoms in total. The maximum absolute atomic E-state index is 12.7. The minimum absolute atomic E-state index is 0.0484. The maximum atomic E-state index is 12.7. The van der Waals surface area contributed by atoms with Crippen molar-refractivity contribution in [3.05, 3.63) is 0 Å². The Morgan fingerprint density at radius 1 is 1.23 bits per heavy atom. The van der Waals surface area contributed by atoms with Gasteiger partial charge in [0, 0.05) is 10.8 Å². The number of carbonyl (C=O) groups excluding carboxylic acids is 2. The number of amides is 2. The third-order valence-corrected chi connectivity index (χ3v) is 5.50. The third kappa shape index (κ3) is 4.09. The molecule has 2 rings (SSSR count). The number of carbonyl (C=O) groups is 2. The molecule has 0 bridgehead atoms. The van der Waals surface area contributed by atoms with Gasteiger partial charge in [0.1, 0.15) is 11.6 Å². The van der Waals surface area contributed by atoms with E-state index in [0.717, 1.165) is 12.8 Å². The first-order valence-electron chi connectivity index (χ1n) is 8.04. The first-order valence-corrected chi connectivity index (χ1v) is 9.03. The maximum Gasteiger partial charge on any atom is 0.411 e.